The second-order valence-electron chi connectivity index (χ2n) is 4.75. The average molecular weight is 218 g/mol. The van der Waals surface area contributed by atoms with Crippen molar-refractivity contribution < 1.29 is 4.74 Å². The molecule has 1 unspecified atom stereocenters. The van der Waals surface area contributed by atoms with E-state index in [0.717, 1.165) is 24.5 Å². The van der Waals surface area contributed by atoms with Gasteiger partial charge in [0.2, 0.25) is 0 Å². The van der Waals surface area contributed by atoms with Gasteiger partial charge >= 0.3 is 0 Å². The zero-order chi connectivity index (χ0) is 11.0. The molecular formula is C13H18N2O. The molecule has 1 heterocycles. The van der Waals surface area contributed by atoms with E-state index in [9.17, 15) is 0 Å². The Morgan fingerprint density at radius 3 is 2.88 bits per heavy atom. The molecule has 0 spiro atoms. The summed E-state index contributed by atoms with van der Waals surface area (Å²) in [4.78, 5) is 0. The number of nitrogens with one attached hydrogen (secondary N) is 1. The van der Waals surface area contributed by atoms with Crippen molar-refractivity contribution in [3.8, 4) is 5.75 Å². The van der Waals surface area contributed by atoms with E-state index in [0.29, 0.717) is 12.1 Å². The van der Waals surface area contributed by atoms with E-state index in [1.807, 2.05) is 12.1 Å². The molecule has 2 aliphatic rings. The maximum absolute atomic E-state index is 5.93. The monoisotopic (exact) mass is 218 g/mol. The first-order valence-corrected chi connectivity index (χ1v) is 6.12. The van der Waals surface area contributed by atoms with E-state index >= 15 is 0 Å². The van der Waals surface area contributed by atoms with Gasteiger partial charge in [0.1, 0.15) is 5.75 Å². The van der Waals surface area contributed by atoms with Gasteiger partial charge in [-0.3, -0.25) is 0 Å². The van der Waals surface area contributed by atoms with Crippen molar-refractivity contribution in [2.75, 3.05) is 12.3 Å². The highest BCUT2D eigenvalue weighted by atomic mass is 16.5. The van der Waals surface area contributed by atoms with Gasteiger partial charge in [-0.2, -0.15) is 0 Å². The molecule has 1 aliphatic carbocycles. The Kier molecular flexibility index (Phi) is 2.48. The SMILES string of the molecule is Nc1cccc2c1OCCC2NC1CCC1. The Labute approximate surface area is 96.0 Å². The molecule has 0 radical (unpaired) electrons. The van der Waals surface area contributed by atoms with Gasteiger partial charge in [-0.25, -0.2) is 0 Å². The zero-order valence-corrected chi connectivity index (χ0v) is 9.41. The highest BCUT2D eigenvalue weighted by molar-refractivity contribution is 5.58. The lowest BCUT2D eigenvalue weighted by molar-refractivity contribution is 0.223. The van der Waals surface area contributed by atoms with Crippen molar-refractivity contribution in [2.45, 2.75) is 37.8 Å². The minimum Gasteiger partial charge on any atom is -0.491 e. The summed E-state index contributed by atoms with van der Waals surface area (Å²) in [6, 6.07) is 7.18. The third-order valence-electron chi connectivity index (χ3n) is 3.65. The molecule has 0 amide bonds. The van der Waals surface area contributed by atoms with Gasteiger partial charge in [-0.05, 0) is 18.9 Å². The maximum Gasteiger partial charge on any atom is 0.146 e. The lowest BCUT2D eigenvalue weighted by Crippen LogP contribution is -2.39. The fourth-order valence-electron chi connectivity index (χ4n) is 2.48. The van der Waals surface area contributed by atoms with Crippen molar-refractivity contribution in [1.82, 2.24) is 5.32 Å². The molecule has 0 saturated heterocycles. The van der Waals surface area contributed by atoms with Crippen molar-refractivity contribution in [3.05, 3.63) is 23.8 Å². The molecule has 3 N–H and O–H groups in total. The topological polar surface area (TPSA) is 47.3 Å². The Hall–Kier alpha value is -1.22. The summed E-state index contributed by atoms with van der Waals surface area (Å²) < 4.78 is 5.65. The maximum atomic E-state index is 5.93. The first-order chi connectivity index (χ1) is 7.84. The molecule has 1 aromatic carbocycles. The van der Waals surface area contributed by atoms with Crippen LogP contribution in [0.3, 0.4) is 0 Å². The average Bonchev–Trinajstić information content (AvgIpc) is 2.24. The Morgan fingerprint density at radius 2 is 2.12 bits per heavy atom. The Balaban J connectivity index is 1.84. The number of para-hydroxylation sites is 1. The Bertz CT molecular complexity index is 388. The van der Waals surface area contributed by atoms with E-state index in [4.69, 9.17) is 10.5 Å². The number of ether oxygens (including phenoxy) is 1. The largest absolute Gasteiger partial charge is 0.491 e. The van der Waals surface area contributed by atoms with Crippen LogP contribution in [0, 0.1) is 0 Å². The number of fused-ring (bicyclic) bond motifs is 1. The number of nitrogen functional groups attached to an aromatic ring is 1. The molecule has 0 aromatic heterocycles. The Morgan fingerprint density at radius 1 is 1.25 bits per heavy atom. The zero-order valence-electron chi connectivity index (χ0n) is 9.41. The molecule has 16 heavy (non-hydrogen) atoms. The highest BCUT2D eigenvalue weighted by Gasteiger charge is 2.27. The summed E-state index contributed by atoms with van der Waals surface area (Å²) in [7, 11) is 0. The fraction of sp³-hybridized carbons (Fsp3) is 0.538. The summed E-state index contributed by atoms with van der Waals surface area (Å²) in [5.74, 6) is 0.894. The third-order valence-corrected chi connectivity index (χ3v) is 3.65. The van der Waals surface area contributed by atoms with E-state index in [-0.39, 0.29) is 0 Å². The van der Waals surface area contributed by atoms with Gasteiger partial charge in [0.25, 0.3) is 0 Å². The van der Waals surface area contributed by atoms with Crippen molar-refractivity contribution in [2.24, 2.45) is 0 Å². The summed E-state index contributed by atoms with van der Waals surface area (Å²) in [6.45, 7) is 0.769. The summed E-state index contributed by atoms with van der Waals surface area (Å²) in [5.41, 5.74) is 7.92. The molecule has 0 bridgehead atoms. The predicted octanol–water partition coefficient (Wildman–Crippen LogP) is 2.23. The number of hydrogen-bond donors (Lipinski definition) is 2. The standard InChI is InChI=1S/C13H18N2O/c14-11-6-2-5-10-12(7-8-16-13(10)11)15-9-3-1-4-9/h2,5-6,9,12,15H,1,3-4,7-8,14H2. The van der Waals surface area contributed by atoms with Crippen LogP contribution in [-0.2, 0) is 0 Å². The molecule has 3 heteroatoms. The van der Waals surface area contributed by atoms with Gasteiger partial charge in [0, 0.05) is 24.1 Å². The first-order valence-electron chi connectivity index (χ1n) is 6.12. The second-order valence-corrected chi connectivity index (χ2v) is 4.75. The summed E-state index contributed by atoms with van der Waals surface area (Å²) in [6.07, 6.45) is 5.04. The molecule has 1 atom stereocenters. The van der Waals surface area contributed by atoms with Crippen LogP contribution in [0.4, 0.5) is 5.69 Å². The number of rotatable bonds is 2. The quantitative estimate of drug-likeness (QED) is 0.748. The summed E-state index contributed by atoms with van der Waals surface area (Å²) >= 11 is 0. The summed E-state index contributed by atoms with van der Waals surface area (Å²) in [5, 5.41) is 3.70. The lowest BCUT2D eigenvalue weighted by atomic mass is 9.90. The van der Waals surface area contributed by atoms with Crippen LogP contribution in [-0.4, -0.2) is 12.6 Å². The number of hydrogen-bond acceptors (Lipinski definition) is 3. The number of anilines is 1. The van der Waals surface area contributed by atoms with E-state index < -0.39 is 0 Å². The molecule has 1 aromatic rings. The van der Waals surface area contributed by atoms with Crippen LogP contribution in [0.2, 0.25) is 0 Å². The van der Waals surface area contributed by atoms with Gasteiger partial charge in [-0.15, -0.1) is 0 Å². The molecule has 1 saturated carbocycles. The minimum absolute atomic E-state index is 0.428. The van der Waals surface area contributed by atoms with Crippen LogP contribution in [0.5, 0.6) is 5.75 Å². The minimum atomic E-state index is 0.428. The lowest BCUT2D eigenvalue weighted by Gasteiger charge is -2.34. The van der Waals surface area contributed by atoms with Gasteiger partial charge in [-0.1, -0.05) is 18.6 Å². The highest BCUT2D eigenvalue weighted by Crippen LogP contribution is 2.37. The van der Waals surface area contributed by atoms with Gasteiger partial charge in [0.05, 0.1) is 12.3 Å². The molecule has 86 valence electrons. The normalized spacial score (nSPS) is 24.4. The van der Waals surface area contributed by atoms with Crippen molar-refractivity contribution in [3.63, 3.8) is 0 Å². The molecule has 3 nitrogen and oxygen atoms in total. The predicted molar refractivity (Wildman–Crippen MR) is 64.5 cm³/mol. The third kappa shape index (κ3) is 1.65. The van der Waals surface area contributed by atoms with Crippen molar-refractivity contribution in [1.29, 1.82) is 0 Å². The van der Waals surface area contributed by atoms with Gasteiger partial charge in [0.15, 0.2) is 0 Å². The van der Waals surface area contributed by atoms with E-state index in [1.54, 1.807) is 0 Å². The van der Waals surface area contributed by atoms with Crippen molar-refractivity contribution >= 4 is 5.69 Å². The molecule has 3 rings (SSSR count). The fourth-order valence-corrected chi connectivity index (χ4v) is 2.48. The number of benzene rings is 1. The van der Waals surface area contributed by atoms with E-state index in [1.165, 1.54) is 24.8 Å². The second kappa shape index (κ2) is 3.98. The smallest absolute Gasteiger partial charge is 0.146 e. The van der Waals surface area contributed by atoms with Crippen LogP contribution < -0.4 is 15.8 Å². The first kappa shape index (κ1) is 9.97. The van der Waals surface area contributed by atoms with Crippen LogP contribution in [0.15, 0.2) is 18.2 Å². The van der Waals surface area contributed by atoms with Crippen LogP contribution in [0.25, 0.3) is 0 Å². The molecule has 1 fully saturated rings. The van der Waals surface area contributed by atoms with Crippen LogP contribution >= 0.6 is 0 Å². The van der Waals surface area contributed by atoms with E-state index in [2.05, 4.69) is 11.4 Å². The number of nitrogens with two attached hydrogens (primary N) is 1. The van der Waals surface area contributed by atoms with Gasteiger partial charge < -0.3 is 15.8 Å². The molecule has 1 aliphatic heterocycles. The molecular weight excluding hydrogens is 200 g/mol. The van der Waals surface area contributed by atoms with Crippen LogP contribution in [0.1, 0.15) is 37.3 Å².